The Morgan fingerprint density at radius 1 is 0.432 bits per heavy atom. The Balaban J connectivity index is 1.41. The minimum Gasteiger partial charge on any atom is -0.277 e. The predicted molar refractivity (Wildman–Crippen MR) is 180 cm³/mol. The molecule has 0 fully saturated rings. The fraction of sp³-hybridized carbons (Fsp3) is 0. The Hall–Kier alpha value is -5.52. The zero-order valence-electron chi connectivity index (χ0n) is 23.6. The van der Waals surface area contributed by atoms with Gasteiger partial charge < -0.3 is 0 Å². The van der Waals surface area contributed by atoms with E-state index in [0.717, 1.165) is 22.2 Å². The van der Waals surface area contributed by atoms with Gasteiger partial charge in [0.25, 0.3) is 0 Å². The van der Waals surface area contributed by atoms with Crippen LogP contribution in [0.1, 0.15) is 0 Å². The first-order chi connectivity index (χ1) is 21.8. The number of nitrogens with zero attached hydrogens (tertiary/aromatic N) is 4. The fourth-order valence-corrected chi connectivity index (χ4v) is 7.53. The van der Waals surface area contributed by atoms with Crippen LogP contribution < -0.4 is 0 Å². The minimum atomic E-state index is 0.601. The van der Waals surface area contributed by atoms with E-state index in [0.29, 0.717) is 17.6 Å². The van der Waals surface area contributed by atoms with Gasteiger partial charge in [-0.15, -0.1) is 0 Å². The van der Waals surface area contributed by atoms with E-state index in [9.17, 15) is 0 Å². The maximum absolute atomic E-state index is 5.16. The van der Waals surface area contributed by atoms with Gasteiger partial charge in [0, 0.05) is 31.7 Å². The molecule has 1 aliphatic rings. The first kappa shape index (κ1) is 25.0. The molecule has 3 heterocycles. The normalized spacial score (nSPS) is 12.0. The summed E-state index contributed by atoms with van der Waals surface area (Å²) >= 11 is 1.82. The topological polar surface area (TPSA) is 43.6 Å². The summed E-state index contributed by atoms with van der Waals surface area (Å²) in [5, 5.41) is 2.34. The summed E-state index contributed by atoms with van der Waals surface area (Å²) in [6.07, 6.45) is 0. The number of hydrogen-bond acceptors (Lipinski definition) is 4. The molecule has 1 aliphatic heterocycles. The summed E-state index contributed by atoms with van der Waals surface area (Å²) < 4.78 is 2.24. The van der Waals surface area contributed by atoms with Crippen molar-refractivity contribution in [2.24, 2.45) is 0 Å². The highest BCUT2D eigenvalue weighted by Gasteiger charge is 2.26. The molecule has 2 aromatic heterocycles. The molecule has 0 radical (unpaired) electrons. The average Bonchev–Trinajstić information content (AvgIpc) is 3.36. The van der Waals surface area contributed by atoms with E-state index in [1.807, 2.05) is 48.2 Å². The molecular formula is C39H24N4S. The molecule has 0 spiro atoms. The zero-order valence-corrected chi connectivity index (χ0v) is 24.4. The van der Waals surface area contributed by atoms with E-state index >= 15 is 0 Å². The minimum absolute atomic E-state index is 0.601. The highest BCUT2D eigenvalue weighted by molar-refractivity contribution is 7.99. The lowest BCUT2D eigenvalue weighted by Crippen LogP contribution is -2.07. The Morgan fingerprint density at radius 2 is 1.00 bits per heavy atom. The van der Waals surface area contributed by atoms with Crippen LogP contribution in [0.3, 0.4) is 0 Å². The van der Waals surface area contributed by atoms with Gasteiger partial charge in [0.2, 0.25) is 5.95 Å². The number of para-hydroxylation sites is 1. The second kappa shape index (κ2) is 10.0. The average molecular weight is 581 g/mol. The van der Waals surface area contributed by atoms with Crippen LogP contribution in [0.25, 0.3) is 72.8 Å². The molecule has 4 nitrogen and oxygen atoms in total. The molecule has 5 heteroatoms. The summed E-state index contributed by atoms with van der Waals surface area (Å²) in [5.41, 5.74) is 8.99. The SMILES string of the molecule is c1ccc(-c2nc(-c3ccccc3)nc(-n3c4ccccc4c4ccc5c(c43)Sc3ccccc3-c3ccccc3-5)n2)cc1. The zero-order chi connectivity index (χ0) is 29.0. The van der Waals surface area contributed by atoms with Crippen LogP contribution in [0.4, 0.5) is 0 Å². The van der Waals surface area contributed by atoms with Crippen molar-refractivity contribution >= 4 is 33.6 Å². The largest absolute Gasteiger partial charge is 0.277 e. The Labute approximate surface area is 258 Å². The Kier molecular flexibility index (Phi) is 5.71. The van der Waals surface area contributed by atoms with Crippen LogP contribution in [0.5, 0.6) is 0 Å². The second-order valence-corrected chi connectivity index (χ2v) is 11.9. The Bertz CT molecular complexity index is 2300. The van der Waals surface area contributed by atoms with Crippen molar-refractivity contribution < 1.29 is 0 Å². The van der Waals surface area contributed by atoms with Gasteiger partial charge >= 0.3 is 0 Å². The van der Waals surface area contributed by atoms with Crippen LogP contribution in [0, 0.1) is 0 Å². The summed E-state index contributed by atoms with van der Waals surface area (Å²) in [4.78, 5) is 17.7. The molecule has 0 saturated heterocycles. The molecule has 6 aromatic carbocycles. The number of fused-ring (bicyclic) bond motifs is 9. The molecule has 0 aliphatic carbocycles. The molecule has 0 amide bonds. The van der Waals surface area contributed by atoms with E-state index in [1.54, 1.807) is 0 Å². The summed E-state index contributed by atoms with van der Waals surface area (Å²) in [7, 11) is 0. The smallest absolute Gasteiger partial charge is 0.238 e. The third-order valence-electron chi connectivity index (χ3n) is 8.28. The van der Waals surface area contributed by atoms with E-state index in [-0.39, 0.29) is 0 Å². The number of benzene rings is 6. The lowest BCUT2D eigenvalue weighted by Gasteiger charge is -2.14. The van der Waals surface area contributed by atoms with E-state index in [1.165, 1.54) is 42.8 Å². The van der Waals surface area contributed by atoms with Gasteiger partial charge in [0.1, 0.15) is 0 Å². The molecule has 206 valence electrons. The fourth-order valence-electron chi connectivity index (χ4n) is 6.29. The van der Waals surface area contributed by atoms with E-state index in [2.05, 4.69) is 114 Å². The van der Waals surface area contributed by atoms with Gasteiger partial charge in [-0.05, 0) is 34.4 Å². The highest BCUT2D eigenvalue weighted by atomic mass is 32.2. The predicted octanol–water partition coefficient (Wildman–Crippen LogP) is 10.1. The molecule has 0 unspecified atom stereocenters. The molecule has 44 heavy (non-hydrogen) atoms. The van der Waals surface area contributed by atoms with Crippen LogP contribution in [0.15, 0.2) is 155 Å². The van der Waals surface area contributed by atoms with Gasteiger partial charge in [0.15, 0.2) is 11.6 Å². The van der Waals surface area contributed by atoms with Crippen molar-refractivity contribution in [2.45, 2.75) is 9.79 Å². The summed E-state index contributed by atoms with van der Waals surface area (Å²) in [6.45, 7) is 0. The van der Waals surface area contributed by atoms with E-state index < -0.39 is 0 Å². The van der Waals surface area contributed by atoms with Crippen LogP contribution in [0.2, 0.25) is 0 Å². The number of hydrogen-bond donors (Lipinski definition) is 0. The van der Waals surface area contributed by atoms with Gasteiger partial charge in [-0.25, -0.2) is 4.98 Å². The quantitative estimate of drug-likeness (QED) is 0.209. The number of aromatic nitrogens is 4. The summed E-state index contributed by atoms with van der Waals surface area (Å²) in [5.74, 6) is 1.89. The van der Waals surface area contributed by atoms with Gasteiger partial charge in [-0.1, -0.05) is 145 Å². The van der Waals surface area contributed by atoms with Crippen LogP contribution in [-0.4, -0.2) is 19.5 Å². The van der Waals surface area contributed by atoms with E-state index in [4.69, 9.17) is 15.0 Å². The lowest BCUT2D eigenvalue weighted by molar-refractivity contribution is 0.949. The van der Waals surface area contributed by atoms with Gasteiger partial charge in [-0.2, -0.15) is 9.97 Å². The molecule has 0 N–H and O–H groups in total. The van der Waals surface area contributed by atoms with Crippen molar-refractivity contribution in [1.82, 2.24) is 19.5 Å². The molecule has 0 saturated carbocycles. The third kappa shape index (κ3) is 3.90. The molecular weight excluding hydrogens is 557 g/mol. The van der Waals surface area contributed by atoms with Crippen molar-refractivity contribution in [3.8, 4) is 51.0 Å². The van der Waals surface area contributed by atoms with Crippen LogP contribution >= 0.6 is 11.8 Å². The van der Waals surface area contributed by atoms with Crippen LogP contribution in [-0.2, 0) is 0 Å². The standard InChI is InChI=1S/C39H24N4S/c1-3-13-25(14-4-1)37-40-38(26-15-5-2-6-16-26)42-39(41-37)43-33-21-11-9-19-29(33)31-23-24-32-28-18-8-7-17-27(28)30-20-10-12-22-34(30)44-36(32)35(31)43/h1-24H. The van der Waals surface area contributed by atoms with Crippen molar-refractivity contribution in [1.29, 1.82) is 0 Å². The first-order valence-corrected chi connectivity index (χ1v) is 15.5. The third-order valence-corrected chi connectivity index (χ3v) is 9.48. The maximum Gasteiger partial charge on any atom is 0.238 e. The van der Waals surface area contributed by atoms with Gasteiger partial charge in [-0.3, -0.25) is 4.57 Å². The van der Waals surface area contributed by atoms with Gasteiger partial charge in [0.05, 0.1) is 11.0 Å². The van der Waals surface area contributed by atoms with Crippen molar-refractivity contribution in [3.05, 3.63) is 146 Å². The van der Waals surface area contributed by atoms with Crippen molar-refractivity contribution in [3.63, 3.8) is 0 Å². The molecule has 9 rings (SSSR count). The first-order valence-electron chi connectivity index (χ1n) is 14.6. The lowest BCUT2D eigenvalue weighted by atomic mass is 9.94. The summed E-state index contributed by atoms with van der Waals surface area (Å²) in [6, 6.07) is 50.8. The molecule has 0 bridgehead atoms. The highest BCUT2D eigenvalue weighted by Crippen LogP contribution is 2.51. The van der Waals surface area contributed by atoms with Crippen molar-refractivity contribution in [2.75, 3.05) is 0 Å². The monoisotopic (exact) mass is 580 g/mol. The molecule has 8 aromatic rings. The second-order valence-electron chi connectivity index (χ2n) is 10.8. The molecule has 0 atom stereocenters. The Morgan fingerprint density at radius 3 is 1.70 bits per heavy atom. The number of rotatable bonds is 3. The maximum atomic E-state index is 5.16.